The van der Waals surface area contributed by atoms with Gasteiger partial charge >= 0.3 is 12.0 Å². The zero-order valence-corrected chi connectivity index (χ0v) is 29.7. The fraction of sp³-hybridized carbons (Fsp3) is 0.138. The molecule has 21 nitrogen and oxygen atoms in total. The minimum atomic E-state index is -4.97. The monoisotopic (exact) mass is 809 g/mol. The van der Waals surface area contributed by atoms with Crippen LogP contribution in [0.25, 0.3) is 0 Å². The molecule has 0 amide bonds. The number of benzene rings is 3. The van der Waals surface area contributed by atoms with Gasteiger partial charge in [-0.25, -0.2) is 13.2 Å². The van der Waals surface area contributed by atoms with E-state index in [1.807, 2.05) is 0 Å². The number of anilines is 4. The van der Waals surface area contributed by atoms with Gasteiger partial charge in [-0.05, 0) is 30.3 Å². The van der Waals surface area contributed by atoms with Crippen LogP contribution in [0.4, 0.5) is 33.3 Å². The molecule has 0 aliphatic rings. The van der Waals surface area contributed by atoms with Crippen LogP contribution in [0.1, 0.15) is 15.9 Å². The van der Waals surface area contributed by atoms with E-state index < -0.39 is 86.2 Å². The Morgan fingerprint density at radius 1 is 0.889 bits per heavy atom. The number of ether oxygens (including phenoxy) is 1. The maximum absolute atomic E-state index is 14.3. The van der Waals surface area contributed by atoms with E-state index in [1.165, 1.54) is 12.1 Å². The van der Waals surface area contributed by atoms with E-state index in [4.69, 9.17) is 4.74 Å². The summed E-state index contributed by atoms with van der Waals surface area (Å²) in [5.41, 5.74) is 0.571. The molecule has 0 atom stereocenters. The molecule has 0 aliphatic heterocycles. The molecule has 0 bridgehead atoms. The van der Waals surface area contributed by atoms with Crippen LogP contribution < -0.4 is 16.1 Å². The molecule has 0 saturated heterocycles. The van der Waals surface area contributed by atoms with Crippen LogP contribution in [-0.4, -0.2) is 96.8 Å². The third-order valence-corrected chi connectivity index (χ3v) is 9.52. The topological polar surface area (TPSA) is 321 Å². The van der Waals surface area contributed by atoms with Crippen LogP contribution in [-0.2, 0) is 34.8 Å². The predicted molar refractivity (Wildman–Crippen MR) is 189 cm³/mol. The molecule has 4 rings (SSSR count). The first-order valence-corrected chi connectivity index (χ1v) is 19.3. The molecule has 25 heteroatoms. The molecule has 54 heavy (non-hydrogen) atoms. The lowest BCUT2D eigenvalue weighted by atomic mass is 10.2. The van der Waals surface area contributed by atoms with Gasteiger partial charge in [-0.15, -0.1) is 10.2 Å². The van der Waals surface area contributed by atoms with E-state index in [-0.39, 0.29) is 42.9 Å². The Kier molecular flexibility index (Phi) is 13.0. The number of aromatic carboxylic acids is 1. The van der Waals surface area contributed by atoms with Crippen LogP contribution in [0.2, 0.25) is 0 Å². The van der Waals surface area contributed by atoms with Gasteiger partial charge in [0.15, 0.2) is 15.6 Å². The van der Waals surface area contributed by atoms with Gasteiger partial charge in [-0.1, -0.05) is 36.9 Å². The van der Waals surface area contributed by atoms with E-state index in [9.17, 15) is 53.8 Å². The number of carboxylic acid groups (broad SMARTS) is 1. The van der Waals surface area contributed by atoms with Gasteiger partial charge in [-0.3, -0.25) is 14.5 Å². The number of halogens is 1. The minimum Gasteiger partial charge on any atom is -0.504 e. The highest BCUT2D eigenvalue weighted by atomic mass is 32.2. The van der Waals surface area contributed by atoms with Crippen molar-refractivity contribution >= 4 is 70.8 Å². The molecule has 1 heterocycles. The summed E-state index contributed by atoms with van der Waals surface area (Å²) in [5.74, 6) is -3.83. The lowest BCUT2D eigenvalue weighted by Crippen LogP contribution is -2.16. The van der Waals surface area contributed by atoms with Crippen molar-refractivity contribution in [1.82, 2.24) is 15.0 Å². The molecule has 0 fully saturated rings. The number of aromatic hydroxyl groups is 1. The summed E-state index contributed by atoms with van der Waals surface area (Å²) in [5, 5.41) is 38.2. The van der Waals surface area contributed by atoms with Crippen molar-refractivity contribution in [3.63, 3.8) is 0 Å². The Morgan fingerprint density at radius 2 is 1.56 bits per heavy atom. The van der Waals surface area contributed by atoms with Gasteiger partial charge in [0.1, 0.15) is 11.4 Å². The predicted octanol–water partition coefficient (Wildman–Crippen LogP) is 3.20. The van der Waals surface area contributed by atoms with E-state index >= 15 is 0 Å². The second-order valence-corrected chi connectivity index (χ2v) is 15.3. The molecule has 0 spiro atoms. The number of rotatable bonds is 17. The molecular formula is C29H28FN9O12S3. The summed E-state index contributed by atoms with van der Waals surface area (Å²) in [6, 6.07) is 11.7. The number of nitrogens with zero attached hydrogens (tertiary/aromatic N) is 6. The molecular weight excluding hydrogens is 782 g/mol. The number of amidine groups is 1. The average molecular weight is 810 g/mol. The van der Waals surface area contributed by atoms with Crippen molar-refractivity contribution in [2.45, 2.75) is 9.79 Å². The van der Waals surface area contributed by atoms with Gasteiger partial charge in [0.25, 0.3) is 20.2 Å². The fourth-order valence-electron chi connectivity index (χ4n) is 4.02. The molecule has 1 aromatic heterocycles. The molecule has 0 unspecified atom stereocenters. The molecule has 0 radical (unpaired) electrons. The number of azo groups is 1. The third kappa shape index (κ3) is 11.5. The number of hydrogen-bond acceptors (Lipinski definition) is 17. The molecule has 0 saturated carbocycles. The van der Waals surface area contributed by atoms with Gasteiger partial charge in [0, 0.05) is 17.5 Å². The summed E-state index contributed by atoms with van der Waals surface area (Å²) in [7, 11) is -13.2. The number of hydrogen-bond donors (Lipinski definition) is 7. The number of carboxylic acids is 1. The zero-order chi connectivity index (χ0) is 39.7. The van der Waals surface area contributed by atoms with E-state index in [0.717, 1.165) is 35.7 Å². The van der Waals surface area contributed by atoms with Crippen molar-refractivity contribution in [1.29, 1.82) is 0 Å². The maximum atomic E-state index is 14.3. The lowest BCUT2D eigenvalue weighted by Gasteiger charge is -2.13. The summed E-state index contributed by atoms with van der Waals surface area (Å²) in [6.07, 6.45) is -1.31. The van der Waals surface area contributed by atoms with E-state index in [2.05, 4.69) is 52.9 Å². The first-order chi connectivity index (χ1) is 25.4. The minimum absolute atomic E-state index is 0.0166. The summed E-state index contributed by atoms with van der Waals surface area (Å²) in [4.78, 5) is 21.1. The highest BCUT2D eigenvalue weighted by Crippen LogP contribution is 2.37. The molecule has 0 aliphatic carbocycles. The smallest absolute Gasteiger partial charge is 0.337 e. The SMILES string of the molecule is C=CS(=O)(=O)CCOCCNc1nc(F)nc(Nc2cc(S(=O)(=O)O)cc(N/N=C(/N=N/c3cc(S(=O)(=O)O)ccc3C(=O)O)c3ccccc3)c2O)n1. The standard InChI is InChI=1S/C29H28FN9O12S3/c1-2-52(43,44)13-12-51-11-10-31-28-33-27(30)34-29(35-28)32-22-15-19(54(48,49)50)16-23(24(22)40)37-39-25(17-6-4-3-5-7-17)38-36-21-14-18(53(45,46)47)8-9-20(21)26(41)42/h2-9,14-16,37,40H,1,10-13H2,(H,41,42)(H,45,46,47)(H,48,49,50)(H2,31,32,33,34,35)/b38-36+,39-25+. The van der Waals surface area contributed by atoms with Crippen molar-refractivity contribution in [3.8, 4) is 5.75 Å². The van der Waals surface area contributed by atoms with Crippen molar-refractivity contribution in [2.75, 3.05) is 41.6 Å². The molecule has 4 aromatic rings. The second kappa shape index (κ2) is 17.2. The van der Waals surface area contributed by atoms with Crippen molar-refractivity contribution in [3.05, 3.63) is 89.9 Å². The second-order valence-electron chi connectivity index (χ2n) is 10.4. The van der Waals surface area contributed by atoms with Crippen LogP contribution in [0.15, 0.2) is 97.8 Å². The van der Waals surface area contributed by atoms with E-state index in [0.29, 0.717) is 0 Å². The van der Waals surface area contributed by atoms with Crippen LogP contribution in [0.5, 0.6) is 5.75 Å². The van der Waals surface area contributed by atoms with Crippen molar-refractivity contribution < 1.29 is 58.5 Å². The van der Waals surface area contributed by atoms with Crippen LogP contribution in [0.3, 0.4) is 0 Å². The van der Waals surface area contributed by atoms with Gasteiger partial charge < -0.3 is 25.6 Å². The van der Waals surface area contributed by atoms with Crippen LogP contribution in [0, 0.1) is 6.08 Å². The number of hydrazone groups is 1. The third-order valence-electron chi connectivity index (χ3n) is 6.60. The quantitative estimate of drug-likeness (QED) is 0.0153. The van der Waals surface area contributed by atoms with Gasteiger partial charge in [0.05, 0.1) is 40.0 Å². The Balaban J connectivity index is 1.66. The number of carbonyl (C=O) groups is 1. The Bertz CT molecular complexity index is 2450. The first-order valence-electron chi connectivity index (χ1n) is 14.7. The molecule has 7 N–H and O–H groups in total. The largest absolute Gasteiger partial charge is 0.504 e. The number of phenols is 1. The highest BCUT2D eigenvalue weighted by Gasteiger charge is 2.20. The Labute approximate surface area is 305 Å². The zero-order valence-electron chi connectivity index (χ0n) is 27.2. The van der Waals surface area contributed by atoms with E-state index in [1.54, 1.807) is 18.2 Å². The normalized spacial score (nSPS) is 12.4. The Morgan fingerprint density at radius 3 is 2.20 bits per heavy atom. The number of phenolic OH excluding ortho intramolecular Hbond substituents is 1. The molecule has 286 valence electrons. The number of nitrogens with one attached hydrogen (secondary N) is 3. The van der Waals surface area contributed by atoms with Crippen molar-refractivity contribution in [2.24, 2.45) is 15.3 Å². The Hall–Kier alpha value is -5.99. The van der Waals surface area contributed by atoms with Gasteiger partial charge in [0.2, 0.25) is 17.7 Å². The fourth-order valence-corrected chi connectivity index (χ4v) is 5.57. The lowest BCUT2D eigenvalue weighted by molar-refractivity contribution is 0.0697. The maximum Gasteiger partial charge on any atom is 0.337 e. The number of sulfone groups is 1. The van der Waals surface area contributed by atoms with Gasteiger partial charge in [-0.2, -0.15) is 41.3 Å². The summed E-state index contributed by atoms with van der Waals surface area (Å²) < 4.78 is 109. The highest BCUT2D eigenvalue weighted by molar-refractivity contribution is 7.94. The average Bonchev–Trinajstić information content (AvgIpc) is 3.10. The van der Waals surface area contributed by atoms with Crippen LogP contribution >= 0.6 is 0 Å². The number of aromatic nitrogens is 3. The summed E-state index contributed by atoms with van der Waals surface area (Å²) >= 11 is 0. The summed E-state index contributed by atoms with van der Waals surface area (Å²) in [6.45, 7) is 2.98. The molecule has 3 aromatic carbocycles. The first kappa shape index (κ1) is 40.8.